The number of rotatable bonds is 1. The third-order valence-corrected chi connectivity index (χ3v) is 4.36. The minimum absolute atomic E-state index is 0.338. The fraction of sp³-hybridized carbons (Fsp3) is 0.833. The Bertz CT molecular complexity index is 318. The lowest BCUT2D eigenvalue weighted by atomic mass is 9.76. The number of likely N-dealkylation sites (tertiary alicyclic amines) is 1. The van der Waals surface area contributed by atoms with Crippen molar-refractivity contribution < 1.29 is 9.59 Å². The second-order valence-electron chi connectivity index (χ2n) is 5.43. The smallest absolute Gasteiger partial charge is 0.222 e. The van der Waals surface area contributed by atoms with Crippen molar-refractivity contribution in [3.63, 3.8) is 0 Å². The molecule has 0 saturated carbocycles. The predicted octanol–water partition coefficient (Wildman–Crippen LogP) is 0.476. The molecular weight excluding hydrogens is 204 g/mol. The number of carbonyl (C=O) groups excluding carboxylic acids is 2. The molecule has 3 saturated heterocycles. The lowest BCUT2D eigenvalue weighted by Gasteiger charge is -2.51. The maximum absolute atomic E-state index is 11.9. The lowest BCUT2D eigenvalue weighted by Crippen LogP contribution is -2.60. The Hall–Kier alpha value is -1.06. The first-order chi connectivity index (χ1) is 7.78. The van der Waals surface area contributed by atoms with Crippen LogP contribution in [0.4, 0.5) is 0 Å². The molecule has 2 bridgehead atoms. The van der Waals surface area contributed by atoms with Crippen LogP contribution in [0.2, 0.25) is 0 Å². The van der Waals surface area contributed by atoms with Crippen molar-refractivity contribution in [3.05, 3.63) is 0 Å². The van der Waals surface area contributed by atoms with Crippen molar-refractivity contribution in [2.45, 2.75) is 31.7 Å². The topological polar surface area (TPSA) is 40.6 Å². The third-order valence-electron chi connectivity index (χ3n) is 4.36. The number of hydrogen-bond donors (Lipinski definition) is 0. The number of nitrogens with zero attached hydrogens (tertiary/aromatic N) is 2. The van der Waals surface area contributed by atoms with Crippen LogP contribution < -0.4 is 0 Å². The molecule has 0 radical (unpaired) electrons. The zero-order chi connectivity index (χ0) is 11.1. The first-order valence-corrected chi connectivity index (χ1v) is 6.26. The van der Waals surface area contributed by atoms with E-state index in [1.54, 1.807) is 0 Å². The van der Waals surface area contributed by atoms with Crippen LogP contribution in [0.5, 0.6) is 0 Å². The fourth-order valence-electron chi connectivity index (χ4n) is 3.73. The van der Waals surface area contributed by atoms with Gasteiger partial charge in [-0.3, -0.25) is 9.59 Å². The number of fused-ring (bicyclic) bond motifs is 4. The summed E-state index contributed by atoms with van der Waals surface area (Å²) in [5, 5.41) is 0. The minimum atomic E-state index is 0.338. The van der Waals surface area contributed by atoms with E-state index in [2.05, 4.69) is 4.90 Å². The first-order valence-electron chi connectivity index (χ1n) is 6.26. The molecule has 1 unspecified atom stereocenters. The van der Waals surface area contributed by atoms with Gasteiger partial charge >= 0.3 is 0 Å². The SMILES string of the molecule is O=CN1C[C@@H]2C[C@@H](C1)C1CCCC(=O)N1C2. The molecule has 4 heteroatoms. The number of carbonyl (C=O) groups is 2. The van der Waals surface area contributed by atoms with Crippen molar-refractivity contribution in [1.29, 1.82) is 0 Å². The van der Waals surface area contributed by atoms with Gasteiger partial charge in [-0.15, -0.1) is 0 Å². The van der Waals surface area contributed by atoms with E-state index in [1.807, 2.05) is 4.90 Å². The first kappa shape index (κ1) is 10.1. The van der Waals surface area contributed by atoms with Gasteiger partial charge in [0.05, 0.1) is 0 Å². The quantitative estimate of drug-likeness (QED) is 0.605. The molecule has 3 aliphatic heterocycles. The molecule has 0 aliphatic carbocycles. The second kappa shape index (κ2) is 3.75. The molecule has 3 aliphatic rings. The molecule has 16 heavy (non-hydrogen) atoms. The Morgan fingerprint density at radius 1 is 1.25 bits per heavy atom. The Labute approximate surface area is 95.6 Å². The van der Waals surface area contributed by atoms with E-state index >= 15 is 0 Å². The van der Waals surface area contributed by atoms with Gasteiger partial charge in [0.2, 0.25) is 12.3 Å². The monoisotopic (exact) mass is 222 g/mol. The molecule has 0 spiro atoms. The zero-order valence-electron chi connectivity index (χ0n) is 9.47. The summed E-state index contributed by atoms with van der Waals surface area (Å²) in [6.45, 7) is 2.58. The van der Waals surface area contributed by atoms with Gasteiger partial charge in [-0.05, 0) is 31.1 Å². The number of hydrogen-bond acceptors (Lipinski definition) is 2. The zero-order valence-corrected chi connectivity index (χ0v) is 9.47. The number of amides is 2. The average molecular weight is 222 g/mol. The summed E-state index contributed by atoms with van der Waals surface area (Å²) in [5.74, 6) is 1.38. The van der Waals surface area contributed by atoms with Crippen molar-refractivity contribution in [2.75, 3.05) is 19.6 Å². The predicted molar refractivity (Wildman–Crippen MR) is 58.6 cm³/mol. The molecule has 2 amide bonds. The van der Waals surface area contributed by atoms with E-state index < -0.39 is 0 Å². The van der Waals surface area contributed by atoms with E-state index in [0.29, 0.717) is 23.8 Å². The van der Waals surface area contributed by atoms with Gasteiger partial charge in [0.15, 0.2) is 0 Å². The van der Waals surface area contributed by atoms with Crippen LogP contribution in [0.15, 0.2) is 0 Å². The van der Waals surface area contributed by atoms with Gasteiger partial charge in [0, 0.05) is 32.1 Å². The largest absolute Gasteiger partial charge is 0.345 e. The van der Waals surface area contributed by atoms with Gasteiger partial charge in [0.1, 0.15) is 0 Å². The highest BCUT2D eigenvalue weighted by atomic mass is 16.2. The Morgan fingerprint density at radius 3 is 2.94 bits per heavy atom. The summed E-state index contributed by atoms with van der Waals surface area (Å²) < 4.78 is 0. The molecule has 4 nitrogen and oxygen atoms in total. The summed E-state index contributed by atoms with van der Waals surface area (Å²) in [4.78, 5) is 26.7. The van der Waals surface area contributed by atoms with E-state index in [9.17, 15) is 9.59 Å². The van der Waals surface area contributed by atoms with Crippen LogP contribution in [0.1, 0.15) is 25.7 Å². The Morgan fingerprint density at radius 2 is 2.12 bits per heavy atom. The van der Waals surface area contributed by atoms with E-state index in [0.717, 1.165) is 45.3 Å². The van der Waals surface area contributed by atoms with Crippen LogP contribution >= 0.6 is 0 Å². The van der Waals surface area contributed by atoms with Crippen LogP contribution in [0.25, 0.3) is 0 Å². The molecule has 3 rings (SSSR count). The summed E-state index contributed by atoms with van der Waals surface area (Å²) >= 11 is 0. The number of piperidine rings is 3. The maximum atomic E-state index is 11.9. The maximum Gasteiger partial charge on any atom is 0.222 e. The summed E-state index contributed by atoms with van der Waals surface area (Å²) in [6.07, 6.45) is 5.07. The normalized spacial score (nSPS) is 38.2. The van der Waals surface area contributed by atoms with Crippen molar-refractivity contribution in [1.82, 2.24) is 9.80 Å². The standard InChI is InChI=1S/C12H18N2O2/c15-8-13-5-9-4-10(7-13)11-2-1-3-12(16)14(11)6-9/h8-11H,1-7H2/t9-,10-,11?/m0/s1. The fourth-order valence-corrected chi connectivity index (χ4v) is 3.73. The lowest BCUT2D eigenvalue weighted by molar-refractivity contribution is -0.146. The molecule has 3 fully saturated rings. The molecule has 0 aromatic heterocycles. The molecule has 0 aromatic rings. The van der Waals surface area contributed by atoms with E-state index in [4.69, 9.17) is 0 Å². The highest BCUT2D eigenvalue weighted by Crippen LogP contribution is 2.37. The summed E-state index contributed by atoms with van der Waals surface area (Å²) in [7, 11) is 0. The molecule has 3 heterocycles. The van der Waals surface area contributed by atoms with Gasteiger partial charge in [-0.2, -0.15) is 0 Å². The summed E-state index contributed by atoms with van der Waals surface area (Å²) in [5.41, 5.74) is 0. The van der Waals surface area contributed by atoms with E-state index in [-0.39, 0.29) is 0 Å². The highest BCUT2D eigenvalue weighted by molar-refractivity contribution is 5.77. The van der Waals surface area contributed by atoms with Crippen molar-refractivity contribution in [2.24, 2.45) is 11.8 Å². The van der Waals surface area contributed by atoms with Crippen LogP contribution in [0.3, 0.4) is 0 Å². The van der Waals surface area contributed by atoms with Crippen LogP contribution in [0, 0.1) is 11.8 Å². The van der Waals surface area contributed by atoms with E-state index in [1.165, 1.54) is 6.42 Å². The molecule has 88 valence electrons. The average Bonchev–Trinajstić information content (AvgIpc) is 2.30. The summed E-state index contributed by atoms with van der Waals surface area (Å²) in [6, 6.07) is 0.417. The molecule has 3 atom stereocenters. The Kier molecular flexibility index (Phi) is 2.37. The second-order valence-corrected chi connectivity index (χ2v) is 5.43. The van der Waals surface area contributed by atoms with Crippen molar-refractivity contribution in [3.8, 4) is 0 Å². The molecule has 0 N–H and O–H groups in total. The molecule has 0 aromatic carbocycles. The van der Waals surface area contributed by atoms with Gasteiger partial charge in [-0.1, -0.05) is 0 Å². The minimum Gasteiger partial charge on any atom is -0.345 e. The van der Waals surface area contributed by atoms with Crippen molar-refractivity contribution >= 4 is 12.3 Å². The highest BCUT2D eigenvalue weighted by Gasteiger charge is 2.43. The van der Waals surface area contributed by atoms with Gasteiger partial charge < -0.3 is 9.80 Å². The Balaban J connectivity index is 1.80. The van der Waals surface area contributed by atoms with Gasteiger partial charge in [0.25, 0.3) is 0 Å². The molecular formula is C12H18N2O2. The van der Waals surface area contributed by atoms with Crippen LogP contribution in [-0.2, 0) is 9.59 Å². The third kappa shape index (κ3) is 1.51. The van der Waals surface area contributed by atoms with Crippen LogP contribution in [-0.4, -0.2) is 47.8 Å². The van der Waals surface area contributed by atoms with Gasteiger partial charge in [-0.25, -0.2) is 0 Å².